The molecule has 3 amide bonds. The van der Waals surface area contributed by atoms with E-state index in [1.165, 1.54) is 13.8 Å². The van der Waals surface area contributed by atoms with Crippen molar-refractivity contribution in [2.24, 2.45) is 0 Å². The fraction of sp³-hybridized carbons (Fsp3) is 0.211. The van der Waals surface area contributed by atoms with Crippen LogP contribution in [0, 0.1) is 0 Å². The van der Waals surface area contributed by atoms with Crippen molar-refractivity contribution in [3.8, 4) is 0 Å². The van der Waals surface area contributed by atoms with E-state index in [2.05, 4.69) is 10.6 Å². The topological polar surface area (TPSA) is 78.5 Å². The molecule has 2 aromatic carbocycles. The third-order valence-electron chi connectivity index (χ3n) is 3.52. The van der Waals surface area contributed by atoms with Gasteiger partial charge in [0.05, 0.1) is 0 Å². The van der Waals surface area contributed by atoms with Gasteiger partial charge in [0.2, 0.25) is 11.8 Å². The van der Waals surface area contributed by atoms with Gasteiger partial charge in [0.15, 0.2) is 0 Å². The van der Waals surface area contributed by atoms with Gasteiger partial charge in [0, 0.05) is 43.9 Å². The SMILES string of the molecule is CC(=O)Nc1cccc(N(CCNC(=O)c2ccccc2)C(C)=O)c1. The van der Waals surface area contributed by atoms with Gasteiger partial charge in [-0.1, -0.05) is 24.3 Å². The Hall–Kier alpha value is -3.15. The van der Waals surface area contributed by atoms with Crippen molar-refractivity contribution in [2.75, 3.05) is 23.3 Å². The third kappa shape index (κ3) is 5.46. The van der Waals surface area contributed by atoms with E-state index in [4.69, 9.17) is 0 Å². The minimum absolute atomic E-state index is 0.145. The van der Waals surface area contributed by atoms with Gasteiger partial charge in [-0.25, -0.2) is 0 Å². The van der Waals surface area contributed by atoms with Crippen molar-refractivity contribution in [2.45, 2.75) is 13.8 Å². The van der Waals surface area contributed by atoms with E-state index in [-0.39, 0.29) is 17.7 Å². The summed E-state index contributed by atoms with van der Waals surface area (Å²) in [6.45, 7) is 3.54. The molecule has 25 heavy (non-hydrogen) atoms. The second-order valence-electron chi connectivity index (χ2n) is 5.52. The molecule has 130 valence electrons. The van der Waals surface area contributed by atoms with E-state index in [0.29, 0.717) is 30.0 Å². The number of nitrogens with one attached hydrogen (secondary N) is 2. The smallest absolute Gasteiger partial charge is 0.251 e. The molecule has 0 bridgehead atoms. The van der Waals surface area contributed by atoms with Crippen LogP contribution in [0.15, 0.2) is 54.6 Å². The number of rotatable bonds is 6. The van der Waals surface area contributed by atoms with Crippen LogP contribution >= 0.6 is 0 Å². The van der Waals surface area contributed by atoms with Crippen LogP contribution in [0.2, 0.25) is 0 Å². The Labute approximate surface area is 146 Å². The summed E-state index contributed by atoms with van der Waals surface area (Å²) in [6.07, 6.45) is 0. The molecular weight excluding hydrogens is 318 g/mol. The van der Waals surface area contributed by atoms with Crippen LogP contribution in [0.25, 0.3) is 0 Å². The Balaban J connectivity index is 2.00. The van der Waals surface area contributed by atoms with Gasteiger partial charge in [0.25, 0.3) is 5.91 Å². The molecule has 0 saturated carbocycles. The average Bonchev–Trinajstić information content (AvgIpc) is 2.58. The molecule has 0 aliphatic carbocycles. The Morgan fingerprint density at radius 3 is 2.32 bits per heavy atom. The molecule has 0 aliphatic rings. The van der Waals surface area contributed by atoms with E-state index in [0.717, 1.165) is 0 Å². The highest BCUT2D eigenvalue weighted by atomic mass is 16.2. The second kappa shape index (κ2) is 8.63. The standard InChI is InChI=1S/C19H21N3O3/c1-14(23)21-17-9-6-10-18(13-17)22(15(2)24)12-11-20-19(25)16-7-4-3-5-8-16/h3-10,13H,11-12H2,1-2H3,(H,20,25)(H,21,23). The number of anilines is 2. The highest BCUT2D eigenvalue weighted by Gasteiger charge is 2.13. The van der Waals surface area contributed by atoms with Crippen molar-refractivity contribution in [3.63, 3.8) is 0 Å². The second-order valence-corrected chi connectivity index (χ2v) is 5.52. The van der Waals surface area contributed by atoms with E-state index >= 15 is 0 Å². The highest BCUT2D eigenvalue weighted by Crippen LogP contribution is 2.19. The molecule has 0 unspecified atom stereocenters. The summed E-state index contributed by atoms with van der Waals surface area (Å²) in [5.41, 5.74) is 1.85. The zero-order valence-electron chi connectivity index (χ0n) is 14.3. The summed E-state index contributed by atoms with van der Waals surface area (Å²) >= 11 is 0. The van der Waals surface area contributed by atoms with Gasteiger partial charge in [-0.2, -0.15) is 0 Å². The summed E-state index contributed by atoms with van der Waals surface area (Å²) < 4.78 is 0. The molecule has 0 aliphatic heterocycles. The Kier molecular flexibility index (Phi) is 6.28. The average molecular weight is 339 g/mol. The van der Waals surface area contributed by atoms with Crippen molar-refractivity contribution in [1.82, 2.24) is 5.32 Å². The molecule has 2 aromatic rings. The van der Waals surface area contributed by atoms with E-state index in [9.17, 15) is 14.4 Å². The van der Waals surface area contributed by atoms with Crippen LogP contribution < -0.4 is 15.5 Å². The molecule has 0 spiro atoms. The lowest BCUT2D eigenvalue weighted by Crippen LogP contribution is -2.37. The maximum Gasteiger partial charge on any atom is 0.251 e. The van der Waals surface area contributed by atoms with Crippen molar-refractivity contribution in [1.29, 1.82) is 0 Å². The lowest BCUT2D eigenvalue weighted by atomic mass is 10.2. The lowest BCUT2D eigenvalue weighted by molar-refractivity contribution is -0.116. The first-order valence-electron chi connectivity index (χ1n) is 7.96. The third-order valence-corrected chi connectivity index (χ3v) is 3.52. The molecule has 6 heteroatoms. The van der Waals surface area contributed by atoms with Crippen molar-refractivity contribution in [3.05, 3.63) is 60.2 Å². The van der Waals surface area contributed by atoms with Gasteiger partial charge in [-0.05, 0) is 30.3 Å². The fourth-order valence-electron chi connectivity index (χ4n) is 2.40. The minimum atomic E-state index is -0.184. The van der Waals surface area contributed by atoms with Crippen molar-refractivity contribution >= 4 is 29.1 Å². The van der Waals surface area contributed by atoms with Gasteiger partial charge >= 0.3 is 0 Å². The highest BCUT2D eigenvalue weighted by molar-refractivity contribution is 5.95. The summed E-state index contributed by atoms with van der Waals surface area (Å²) in [6, 6.07) is 15.9. The Morgan fingerprint density at radius 1 is 0.960 bits per heavy atom. The summed E-state index contributed by atoms with van der Waals surface area (Å²) in [7, 11) is 0. The Bertz CT molecular complexity index is 760. The summed E-state index contributed by atoms with van der Waals surface area (Å²) in [5, 5.41) is 5.49. The Morgan fingerprint density at radius 2 is 1.68 bits per heavy atom. The number of hydrogen-bond acceptors (Lipinski definition) is 3. The minimum Gasteiger partial charge on any atom is -0.350 e. The van der Waals surface area contributed by atoms with Gasteiger partial charge in [-0.15, -0.1) is 0 Å². The monoisotopic (exact) mass is 339 g/mol. The maximum absolute atomic E-state index is 12.0. The zero-order valence-corrected chi connectivity index (χ0v) is 14.3. The first-order valence-corrected chi connectivity index (χ1v) is 7.96. The fourth-order valence-corrected chi connectivity index (χ4v) is 2.40. The zero-order chi connectivity index (χ0) is 18.2. The van der Waals surface area contributed by atoms with Gasteiger partial charge < -0.3 is 15.5 Å². The summed E-state index contributed by atoms with van der Waals surface area (Å²) in [5.74, 6) is -0.508. The number of benzene rings is 2. The molecule has 2 rings (SSSR count). The van der Waals surface area contributed by atoms with Crippen molar-refractivity contribution < 1.29 is 14.4 Å². The molecule has 0 heterocycles. The number of carbonyl (C=O) groups is 3. The number of hydrogen-bond donors (Lipinski definition) is 2. The number of carbonyl (C=O) groups excluding carboxylic acids is 3. The van der Waals surface area contributed by atoms with Crippen LogP contribution in [0.3, 0.4) is 0 Å². The van der Waals surface area contributed by atoms with E-state index < -0.39 is 0 Å². The first-order chi connectivity index (χ1) is 12.0. The molecule has 2 N–H and O–H groups in total. The van der Waals surface area contributed by atoms with Crippen LogP contribution in [0.4, 0.5) is 11.4 Å². The van der Waals surface area contributed by atoms with Gasteiger partial charge in [-0.3, -0.25) is 14.4 Å². The van der Waals surface area contributed by atoms with Crippen LogP contribution in [0.5, 0.6) is 0 Å². The largest absolute Gasteiger partial charge is 0.350 e. The molecule has 0 radical (unpaired) electrons. The molecule has 0 fully saturated rings. The van der Waals surface area contributed by atoms with E-state index in [1.807, 2.05) is 6.07 Å². The first kappa shape index (κ1) is 18.2. The molecule has 0 aromatic heterocycles. The predicted octanol–water partition coefficient (Wildman–Crippen LogP) is 2.43. The summed E-state index contributed by atoms with van der Waals surface area (Å²) in [4.78, 5) is 36.7. The number of amides is 3. The van der Waals surface area contributed by atoms with Gasteiger partial charge in [0.1, 0.15) is 0 Å². The molecule has 0 atom stereocenters. The lowest BCUT2D eigenvalue weighted by Gasteiger charge is -2.22. The molecule has 0 saturated heterocycles. The molecule has 6 nitrogen and oxygen atoms in total. The maximum atomic E-state index is 12.0. The predicted molar refractivity (Wildman–Crippen MR) is 97.5 cm³/mol. The van der Waals surface area contributed by atoms with Crippen LogP contribution in [-0.4, -0.2) is 30.8 Å². The normalized spacial score (nSPS) is 10.0. The van der Waals surface area contributed by atoms with Crippen LogP contribution in [-0.2, 0) is 9.59 Å². The van der Waals surface area contributed by atoms with E-state index in [1.54, 1.807) is 53.4 Å². The quantitative estimate of drug-likeness (QED) is 0.848. The molecular formula is C19H21N3O3. The number of nitrogens with zero attached hydrogens (tertiary/aromatic N) is 1. The van der Waals surface area contributed by atoms with Crippen LogP contribution in [0.1, 0.15) is 24.2 Å².